The van der Waals surface area contributed by atoms with E-state index in [9.17, 15) is 9.59 Å². The number of methoxy groups -OCH3 is 1. The average molecular weight is 547 g/mol. The SMILES string of the molecule is COc1ccc(C2=NN(C3=NC(=O)C(CC(=O)Nc4ccc(C)cc4C)S3)C(c3ccc(Cl)cc3)C2)cc1. The smallest absolute Gasteiger partial charge is 0.262 e. The number of nitrogens with zero attached hydrogens (tertiary/aromatic N) is 3. The molecule has 2 aliphatic rings. The van der Waals surface area contributed by atoms with Crippen molar-refractivity contribution in [3.05, 3.63) is 94.0 Å². The summed E-state index contributed by atoms with van der Waals surface area (Å²) in [5, 5.41) is 10.1. The molecule has 2 amide bonds. The number of aryl methyl sites for hydroxylation is 2. The highest BCUT2D eigenvalue weighted by Gasteiger charge is 2.39. The van der Waals surface area contributed by atoms with Gasteiger partial charge in [0.25, 0.3) is 5.91 Å². The molecule has 5 rings (SSSR count). The Labute approximate surface area is 230 Å². The second kappa shape index (κ2) is 11.0. The maximum atomic E-state index is 12.9. The highest BCUT2D eigenvalue weighted by molar-refractivity contribution is 8.15. The number of halogens is 1. The van der Waals surface area contributed by atoms with Crippen LogP contribution in [0.4, 0.5) is 5.69 Å². The first-order valence-corrected chi connectivity index (χ1v) is 13.5. The average Bonchev–Trinajstić information content (AvgIpc) is 3.50. The molecule has 2 atom stereocenters. The van der Waals surface area contributed by atoms with Crippen molar-refractivity contribution in [2.75, 3.05) is 12.4 Å². The number of amides is 2. The lowest BCUT2D eigenvalue weighted by atomic mass is 9.98. The zero-order chi connectivity index (χ0) is 26.8. The lowest BCUT2D eigenvalue weighted by Gasteiger charge is -2.23. The van der Waals surface area contributed by atoms with Gasteiger partial charge in [-0.2, -0.15) is 10.1 Å². The van der Waals surface area contributed by atoms with Crippen LogP contribution >= 0.6 is 23.4 Å². The van der Waals surface area contributed by atoms with E-state index in [0.717, 1.165) is 39.4 Å². The first-order valence-electron chi connectivity index (χ1n) is 12.2. The summed E-state index contributed by atoms with van der Waals surface area (Å²) in [5.74, 6) is 0.211. The molecule has 0 bridgehead atoms. The second-order valence-electron chi connectivity index (χ2n) is 9.30. The molecule has 0 saturated carbocycles. The van der Waals surface area contributed by atoms with Gasteiger partial charge in [-0.1, -0.05) is 53.2 Å². The molecule has 2 unspecified atom stereocenters. The van der Waals surface area contributed by atoms with Crippen LogP contribution in [0.1, 0.15) is 41.1 Å². The largest absolute Gasteiger partial charge is 0.497 e. The van der Waals surface area contributed by atoms with Crippen molar-refractivity contribution in [1.82, 2.24) is 5.01 Å². The molecule has 7 nitrogen and oxygen atoms in total. The van der Waals surface area contributed by atoms with Crippen molar-refractivity contribution < 1.29 is 14.3 Å². The number of benzene rings is 3. The Bertz CT molecular complexity index is 1440. The number of anilines is 1. The summed E-state index contributed by atoms with van der Waals surface area (Å²) >= 11 is 7.41. The highest BCUT2D eigenvalue weighted by Crippen LogP contribution is 2.39. The van der Waals surface area contributed by atoms with Gasteiger partial charge in [0.1, 0.15) is 11.0 Å². The van der Waals surface area contributed by atoms with E-state index in [1.807, 2.05) is 80.6 Å². The molecule has 1 N–H and O–H groups in total. The topological polar surface area (TPSA) is 83.4 Å². The van der Waals surface area contributed by atoms with Gasteiger partial charge in [0.15, 0.2) is 5.17 Å². The van der Waals surface area contributed by atoms with E-state index < -0.39 is 5.25 Å². The van der Waals surface area contributed by atoms with Crippen LogP contribution in [0.25, 0.3) is 0 Å². The zero-order valence-corrected chi connectivity index (χ0v) is 22.8. The Hall–Kier alpha value is -3.62. The summed E-state index contributed by atoms with van der Waals surface area (Å²) in [6, 6.07) is 21.0. The number of carbonyl (C=O) groups is 2. The fourth-order valence-corrected chi connectivity index (χ4v) is 5.70. The van der Waals surface area contributed by atoms with E-state index in [4.69, 9.17) is 21.4 Å². The van der Waals surface area contributed by atoms with Crippen molar-refractivity contribution >= 4 is 51.7 Å². The van der Waals surface area contributed by atoms with E-state index in [1.54, 1.807) is 12.1 Å². The quantitative estimate of drug-likeness (QED) is 0.401. The first kappa shape index (κ1) is 26.0. The molecular weight excluding hydrogens is 520 g/mol. The molecule has 9 heteroatoms. The van der Waals surface area contributed by atoms with Crippen LogP contribution in [0.5, 0.6) is 5.75 Å². The van der Waals surface area contributed by atoms with Gasteiger partial charge in [-0.25, -0.2) is 5.01 Å². The van der Waals surface area contributed by atoms with E-state index in [1.165, 1.54) is 11.8 Å². The van der Waals surface area contributed by atoms with Gasteiger partial charge in [-0.15, -0.1) is 0 Å². The van der Waals surface area contributed by atoms with Crippen molar-refractivity contribution in [2.45, 2.75) is 38.0 Å². The second-order valence-corrected chi connectivity index (χ2v) is 10.9. The maximum Gasteiger partial charge on any atom is 0.262 e. The third-order valence-corrected chi connectivity index (χ3v) is 7.93. The van der Waals surface area contributed by atoms with Gasteiger partial charge in [0.2, 0.25) is 5.91 Å². The highest BCUT2D eigenvalue weighted by atomic mass is 35.5. The molecule has 0 spiro atoms. The third kappa shape index (κ3) is 5.61. The van der Waals surface area contributed by atoms with Gasteiger partial charge in [-0.3, -0.25) is 9.59 Å². The Morgan fingerprint density at radius 1 is 1.11 bits per heavy atom. The first-order chi connectivity index (χ1) is 18.3. The third-order valence-electron chi connectivity index (χ3n) is 6.54. The van der Waals surface area contributed by atoms with Gasteiger partial charge >= 0.3 is 0 Å². The van der Waals surface area contributed by atoms with Gasteiger partial charge in [0.05, 0.1) is 18.9 Å². The van der Waals surface area contributed by atoms with Crippen LogP contribution in [0.15, 0.2) is 76.8 Å². The zero-order valence-electron chi connectivity index (χ0n) is 21.3. The van der Waals surface area contributed by atoms with Crippen molar-refractivity contribution in [1.29, 1.82) is 0 Å². The number of nitrogens with one attached hydrogen (secondary N) is 1. The summed E-state index contributed by atoms with van der Waals surface area (Å²) < 4.78 is 5.28. The molecule has 0 saturated heterocycles. The molecular formula is C29H27ClN4O3S. The van der Waals surface area contributed by atoms with Crippen molar-refractivity contribution in [3.63, 3.8) is 0 Å². The summed E-state index contributed by atoms with van der Waals surface area (Å²) in [5.41, 5.74) is 5.69. The minimum absolute atomic E-state index is 0.0261. The summed E-state index contributed by atoms with van der Waals surface area (Å²) in [4.78, 5) is 30.0. The van der Waals surface area contributed by atoms with E-state index >= 15 is 0 Å². The monoisotopic (exact) mass is 546 g/mol. The predicted molar refractivity (Wildman–Crippen MR) is 153 cm³/mol. The van der Waals surface area contributed by atoms with Crippen molar-refractivity contribution in [2.24, 2.45) is 10.1 Å². The van der Waals surface area contributed by atoms with Crippen LogP contribution < -0.4 is 10.1 Å². The number of amidine groups is 1. The fraction of sp³-hybridized carbons (Fsp3) is 0.241. The molecule has 0 fully saturated rings. The molecule has 0 aromatic heterocycles. The molecule has 2 heterocycles. The summed E-state index contributed by atoms with van der Waals surface area (Å²) in [6.45, 7) is 3.95. The van der Waals surface area contributed by atoms with E-state index in [2.05, 4.69) is 10.3 Å². The van der Waals surface area contributed by atoms with Crippen molar-refractivity contribution in [3.8, 4) is 5.75 Å². The number of carbonyl (C=O) groups excluding carboxylic acids is 2. The van der Waals surface area contributed by atoms with Crippen LogP contribution in [-0.2, 0) is 9.59 Å². The van der Waals surface area contributed by atoms with Crippen LogP contribution in [-0.4, -0.2) is 40.1 Å². The number of rotatable bonds is 6. The predicted octanol–water partition coefficient (Wildman–Crippen LogP) is 6.14. The minimum atomic E-state index is -0.609. The molecule has 2 aliphatic heterocycles. The fourth-order valence-electron chi connectivity index (χ4n) is 4.52. The molecule has 3 aromatic carbocycles. The van der Waals surface area contributed by atoms with Gasteiger partial charge in [0, 0.05) is 23.6 Å². The van der Waals surface area contributed by atoms with Crippen LogP contribution in [0.3, 0.4) is 0 Å². The number of hydrogen-bond acceptors (Lipinski definition) is 6. The molecule has 0 radical (unpaired) electrons. The Balaban J connectivity index is 1.35. The number of aliphatic imine (C=N–C) groups is 1. The molecule has 38 heavy (non-hydrogen) atoms. The van der Waals surface area contributed by atoms with Gasteiger partial charge in [-0.05, 0) is 73.0 Å². The van der Waals surface area contributed by atoms with Crippen LogP contribution in [0.2, 0.25) is 5.02 Å². The number of hydrazone groups is 1. The summed E-state index contributed by atoms with van der Waals surface area (Å²) in [7, 11) is 1.63. The number of ether oxygens (including phenoxy) is 1. The standard InChI is InChI=1S/C29H27ClN4O3S/c1-17-4-13-23(18(2)14-17)31-27(35)16-26-28(36)32-29(38-26)34-25(20-5-9-21(30)10-6-20)15-24(33-34)19-7-11-22(37-3)12-8-19/h4-14,25-26H,15-16H2,1-3H3,(H,31,35). The van der Waals surface area contributed by atoms with E-state index in [0.29, 0.717) is 16.6 Å². The lowest BCUT2D eigenvalue weighted by Crippen LogP contribution is -2.25. The Morgan fingerprint density at radius 2 is 1.84 bits per heavy atom. The van der Waals surface area contributed by atoms with E-state index in [-0.39, 0.29) is 24.3 Å². The Kier molecular flexibility index (Phi) is 7.53. The molecule has 3 aromatic rings. The number of thioether (sulfide) groups is 1. The lowest BCUT2D eigenvalue weighted by molar-refractivity contribution is -0.121. The normalized spacial score (nSPS) is 18.8. The Morgan fingerprint density at radius 3 is 2.53 bits per heavy atom. The molecule has 0 aliphatic carbocycles. The van der Waals surface area contributed by atoms with Gasteiger partial charge < -0.3 is 10.1 Å². The maximum absolute atomic E-state index is 12.9. The van der Waals surface area contributed by atoms with Crippen LogP contribution in [0, 0.1) is 13.8 Å². The summed E-state index contributed by atoms with van der Waals surface area (Å²) in [6.07, 6.45) is 0.651. The minimum Gasteiger partial charge on any atom is -0.497 e. The number of hydrogen-bond donors (Lipinski definition) is 1. The molecule has 194 valence electrons.